The molecule has 0 aliphatic carbocycles. The molecule has 2 aromatic carbocycles. The van der Waals surface area contributed by atoms with Crippen molar-refractivity contribution < 1.29 is 19.0 Å². The van der Waals surface area contributed by atoms with Crippen molar-refractivity contribution in [2.75, 3.05) is 25.1 Å². The largest absolute Gasteiger partial charge is 0.504 e. The van der Waals surface area contributed by atoms with Gasteiger partial charge in [0.05, 0.1) is 7.11 Å². The minimum Gasteiger partial charge on any atom is -0.504 e. The van der Waals surface area contributed by atoms with Crippen LogP contribution in [-0.4, -0.2) is 42.2 Å². The van der Waals surface area contributed by atoms with Crippen LogP contribution >= 0.6 is 0 Å². The number of para-hydroxylation sites is 1. The molecule has 5 nitrogen and oxygen atoms in total. The molecular weight excluding hydrogens is 359 g/mol. The Kier molecular flexibility index (Phi) is 6.19. The number of phenols is 1. The second-order valence-corrected chi connectivity index (χ2v) is 7.30. The lowest BCUT2D eigenvalue weighted by atomic mass is 10.0. The molecule has 1 heterocycles. The fourth-order valence-corrected chi connectivity index (χ4v) is 3.82. The molecule has 1 aliphatic rings. The Balaban J connectivity index is 1.68. The molecule has 0 radical (unpaired) electrons. The van der Waals surface area contributed by atoms with E-state index in [-0.39, 0.29) is 23.5 Å². The van der Waals surface area contributed by atoms with Gasteiger partial charge in [0.15, 0.2) is 11.5 Å². The lowest BCUT2D eigenvalue weighted by Gasteiger charge is -2.38. The van der Waals surface area contributed by atoms with Gasteiger partial charge in [0.2, 0.25) is 5.91 Å². The summed E-state index contributed by atoms with van der Waals surface area (Å²) in [7, 11) is 1.54. The summed E-state index contributed by atoms with van der Waals surface area (Å²) < 4.78 is 19.2. The number of rotatable bonds is 5. The van der Waals surface area contributed by atoms with Gasteiger partial charge in [-0.1, -0.05) is 18.2 Å². The molecule has 2 aromatic rings. The average molecular weight is 386 g/mol. The summed E-state index contributed by atoms with van der Waals surface area (Å²) in [6, 6.07) is 10.5. The van der Waals surface area contributed by atoms with Crippen LogP contribution in [0.2, 0.25) is 0 Å². The van der Waals surface area contributed by atoms with Gasteiger partial charge in [0, 0.05) is 43.9 Å². The molecular formula is C22H27FN2O3. The highest BCUT2D eigenvalue weighted by molar-refractivity contribution is 5.92. The maximum absolute atomic E-state index is 14.0. The molecule has 1 amide bonds. The summed E-state index contributed by atoms with van der Waals surface area (Å²) in [4.78, 5) is 16.2. The summed E-state index contributed by atoms with van der Waals surface area (Å²) in [6.45, 7) is 5.44. The maximum atomic E-state index is 14.0. The van der Waals surface area contributed by atoms with Crippen LogP contribution in [0.3, 0.4) is 0 Å². The molecule has 6 heteroatoms. The lowest BCUT2D eigenvalue weighted by Crippen LogP contribution is -2.46. The molecule has 1 aliphatic heterocycles. The van der Waals surface area contributed by atoms with Crippen LogP contribution in [0.4, 0.5) is 10.1 Å². The average Bonchev–Trinajstić information content (AvgIpc) is 2.67. The van der Waals surface area contributed by atoms with Crippen molar-refractivity contribution in [1.29, 1.82) is 0 Å². The van der Waals surface area contributed by atoms with Gasteiger partial charge in [0.1, 0.15) is 5.82 Å². The number of methoxy groups -OCH3 is 1. The van der Waals surface area contributed by atoms with Crippen LogP contribution < -0.4 is 9.64 Å². The number of carbonyl (C=O) groups is 1. The molecule has 1 N–H and O–H groups in total. The SMILES string of the molecule is COc1cccc(CN2CCC(N(C(C)=O)c3ccc(C)c(F)c3)CC2)c1O. The normalized spacial score (nSPS) is 15.4. The Bertz CT molecular complexity index is 848. The molecule has 0 unspecified atom stereocenters. The van der Waals surface area contributed by atoms with E-state index in [4.69, 9.17) is 4.74 Å². The van der Waals surface area contributed by atoms with E-state index in [0.29, 0.717) is 23.5 Å². The van der Waals surface area contributed by atoms with Crippen LogP contribution in [0, 0.1) is 12.7 Å². The van der Waals surface area contributed by atoms with E-state index in [1.165, 1.54) is 20.1 Å². The maximum Gasteiger partial charge on any atom is 0.224 e. The number of phenolic OH excluding ortho intramolecular Hbond substituents is 1. The Morgan fingerprint density at radius 2 is 2.00 bits per heavy atom. The molecule has 3 rings (SSSR count). The lowest BCUT2D eigenvalue weighted by molar-refractivity contribution is -0.117. The number of ether oxygens (including phenoxy) is 1. The summed E-state index contributed by atoms with van der Waals surface area (Å²) >= 11 is 0. The van der Waals surface area contributed by atoms with Crippen molar-refractivity contribution in [1.82, 2.24) is 4.90 Å². The van der Waals surface area contributed by atoms with Gasteiger partial charge < -0.3 is 14.7 Å². The Hall–Kier alpha value is -2.60. The third-order valence-electron chi connectivity index (χ3n) is 5.39. The fraction of sp³-hybridized carbons (Fsp3) is 0.409. The van der Waals surface area contributed by atoms with Crippen molar-refractivity contribution in [3.05, 3.63) is 53.3 Å². The van der Waals surface area contributed by atoms with Crippen LogP contribution in [-0.2, 0) is 11.3 Å². The monoisotopic (exact) mass is 386 g/mol. The van der Waals surface area contributed by atoms with Crippen LogP contribution in [0.1, 0.15) is 30.9 Å². The number of carbonyl (C=O) groups excluding carboxylic acids is 1. The van der Waals surface area contributed by atoms with Crippen molar-refractivity contribution in [2.24, 2.45) is 0 Å². The van der Waals surface area contributed by atoms with Gasteiger partial charge in [0.25, 0.3) is 0 Å². The highest BCUT2D eigenvalue weighted by Crippen LogP contribution is 2.31. The number of benzene rings is 2. The number of amides is 1. The molecule has 0 saturated carbocycles. The summed E-state index contributed by atoms with van der Waals surface area (Å²) in [5, 5.41) is 10.3. The van der Waals surface area contributed by atoms with Crippen LogP contribution in [0.15, 0.2) is 36.4 Å². The number of aryl methyl sites for hydroxylation is 1. The Morgan fingerprint density at radius 1 is 1.29 bits per heavy atom. The zero-order valence-corrected chi connectivity index (χ0v) is 16.6. The molecule has 150 valence electrons. The van der Waals surface area contributed by atoms with Crippen molar-refractivity contribution in [2.45, 2.75) is 39.3 Å². The minimum absolute atomic E-state index is 0.0368. The zero-order valence-electron chi connectivity index (χ0n) is 16.6. The summed E-state index contributed by atoms with van der Waals surface area (Å²) in [5.41, 5.74) is 2.00. The van der Waals surface area contributed by atoms with Gasteiger partial charge in [-0.25, -0.2) is 4.39 Å². The number of hydrogen-bond acceptors (Lipinski definition) is 4. The zero-order chi connectivity index (χ0) is 20.3. The van der Waals surface area contributed by atoms with Gasteiger partial charge in [-0.15, -0.1) is 0 Å². The van der Waals surface area contributed by atoms with Crippen LogP contribution in [0.5, 0.6) is 11.5 Å². The first-order valence-corrected chi connectivity index (χ1v) is 9.54. The fourth-order valence-electron chi connectivity index (χ4n) is 3.82. The van der Waals surface area contributed by atoms with Crippen molar-refractivity contribution >= 4 is 11.6 Å². The molecule has 1 fully saturated rings. The predicted octanol–water partition coefficient (Wildman–Crippen LogP) is 3.87. The minimum atomic E-state index is -0.297. The number of hydrogen-bond donors (Lipinski definition) is 1. The number of piperidine rings is 1. The van der Waals surface area contributed by atoms with E-state index in [1.54, 1.807) is 30.0 Å². The first kappa shape index (κ1) is 20.1. The van der Waals surface area contributed by atoms with Gasteiger partial charge >= 0.3 is 0 Å². The second kappa shape index (κ2) is 8.61. The van der Waals surface area contributed by atoms with E-state index in [2.05, 4.69) is 4.90 Å². The second-order valence-electron chi connectivity index (χ2n) is 7.30. The van der Waals surface area contributed by atoms with E-state index in [1.807, 2.05) is 12.1 Å². The third kappa shape index (κ3) is 4.28. The van der Waals surface area contributed by atoms with E-state index >= 15 is 0 Å². The van der Waals surface area contributed by atoms with Gasteiger partial charge in [-0.05, 0) is 43.5 Å². The number of halogens is 1. The molecule has 0 aromatic heterocycles. The standard InChI is InChI=1S/C22H27FN2O3/c1-15-7-8-19(13-20(15)23)25(16(2)26)18-9-11-24(12-10-18)14-17-5-4-6-21(28-3)22(17)27/h4-8,13,18,27H,9-12,14H2,1-3H3. The highest BCUT2D eigenvalue weighted by Gasteiger charge is 2.28. The molecule has 1 saturated heterocycles. The van der Waals surface area contributed by atoms with E-state index in [9.17, 15) is 14.3 Å². The number of anilines is 1. The van der Waals surface area contributed by atoms with E-state index in [0.717, 1.165) is 31.5 Å². The topological polar surface area (TPSA) is 53.0 Å². The van der Waals surface area contributed by atoms with Crippen molar-refractivity contribution in [3.63, 3.8) is 0 Å². The number of likely N-dealkylation sites (tertiary alicyclic amines) is 1. The molecule has 28 heavy (non-hydrogen) atoms. The quantitative estimate of drug-likeness (QED) is 0.848. The third-order valence-corrected chi connectivity index (χ3v) is 5.39. The summed E-state index contributed by atoms with van der Waals surface area (Å²) in [6.07, 6.45) is 1.58. The molecule has 0 spiro atoms. The Morgan fingerprint density at radius 3 is 2.61 bits per heavy atom. The first-order valence-electron chi connectivity index (χ1n) is 9.54. The van der Waals surface area contributed by atoms with Crippen molar-refractivity contribution in [3.8, 4) is 11.5 Å². The van der Waals surface area contributed by atoms with Gasteiger partial charge in [-0.2, -0.15) is 0 Å². The Labute approximate surface area is 165 Å². The molecule has 0 atom stereocenters. The first-order chi connectivity index (χ1) is 13.4. The van der Waals surface area contributed by atoms with Gasteiger partial charge in [-0.3, -0.25) is 9.69 Å². The highest BCUT2D eigenvalue weighted by atomic mass is 19.1. The number of nitrogens with zero attached hydrogens (tertiary/aromatic N) is 2. The van der Waals surface area contributed by atoms with E-state index < -0.39 is 0 Å². The number of aromatic hydroxyl groups is 1. The molecule has 0 bridgehead atoms. The predicted molar refractivity (Wildman–Crippen MR) is 107 cm³/mol. The van der Waals surface area contributed by atoms with Crippen LogP contribution in [0.25, 0.3) is 0 Å². The summed E-state index contributed by atoms with van der Waals surface area (Å²) in [5.74, 6) is 0.269. The smallest absolute Gasteiger partial charge is 0.224 e.